The molecule has 2 N–H and O–H groups in total. The Morgan fingerprint density at radius 1 is 1.31 bits per heavy atom. The second-order valence-electron chi connectivity index (χ2n) is 3.11. The molecule has 0 aliphatic rings. The van der Waals surface area contributed by atoms with E-state index in [1.165, 1.54) is 11.8 Å². The second-order valence-corrected chi connectivity index (χ2v) is 5.52. The Kier molecular flexibility index (Phi) is 3.74. The molecule has 0 unspecified atom stereocenters. The zero-order valence-corrected chi connectivity index (χ0v) is 11.3. The summed E-state index contributed by atoms with van der Waals surface area (Å²) in [6, 6.07) is 9.43. The summed E-state index contributed by atoms with van der Waals surface area (Å²) >= 11 is 10.7. The number of hydrogen-bond donors (Lipinski definition) is 1. The standard InChI is InChI=1S/C11H8BrClN2S/c12-7-4-10(14)11(15-6-7)16-9-3-1-2-8(13)5-9/h1-6H,14H2. The zero-order chi connectivity index (χ0) is 11.5. The van der Waals surface area contributed by atoms with Crippen molar-refractivity contribution in [1.29, 1.82) is 0 Å². The number of hydrogen-bond acceptors (Lipinski definition) is 3. The SMILES string of the molecule is Nc1cc(Br)cnc1Sc1cccc(Cl)c1. The highest BCUT2D eigenvalue weighted by Gasteiger charge is 2.04. The van der Waals surface area contributed by atoms with Gasteiger partial charge in [-0.15, -0.1) is 0 Å². The molecule has 0 atom stereocenters. The molecule has 5 heteroatoms. The summed E-state index contributed by atoms with van der Waals surface area (Å²) in [5.74, 6) is 0. The molecule has 1 aromatic heterocycles. The summed E-state index contributed by atoms with van der Waals surface area (Å²) in [6.07, 6.45) is 1.73. The number of nitrogens with zero attached hydrogens (tertiary/aromatic N) is 1. The predicted octanol–water partition coefficient (Wildman–Crippen LogP) is 4.23. The highest BCUT2D eigenvalue weighted by atomic mass is 79.9. The second kappa shape index (κ2) is 5.08. The highest BCUT2D eigenvalue weighted by Crippen LogP contribution is 2.32. The summed E-state index contributed by atoms with van der Waals surface area (Å²) in [7, 11) is 0. The normalized spacial score (nSPS) is 10.4. The lowest BCUT2D eigenvalue weighted by molar-refractivity contribution is 1.13. The lowest BCUT2D eigenvalue weighted by atomic mass is 10.4. The summed E-state index contributed by atoms with van der Waals surface area (Å²) in [5.41, 5.74) is 6.51. The van der Waals surface area contributed by atoms with Gasteiger partial charge in [-0.1, -0.05) is 29.4 Å². The third-order valence-electron chi connectivity index (χ3n) is 1.86. The van der Waals surface area contributed by atoms with Crippen molar-refractivity contribution in [3.05, 3.63) is 46.0 Å². The van der Waals surface area contributed by atoms with E-state index in [0.29, 0.717) is 10.7 Å². The number of aromatic nitrogens is 1. The van der Waals surface area contributed by atoms with Crippen LogP contribution in [0.1, 0.15) is 0 Å². The van der Waals surface area contributed by atoms with Gasteiger partial charge in [0.05, 0.1) is 5.69 Å². The van der Waals surface area contributed by atoms with Gasteiger partial charge in [-0.05, 0) is 40.2 Å². The van der Waals surface area contributed by atoms with Gasteiger partial charge in [-0.25, -0.2) is 4.98 Å². The molecule has 2 rings (SSSR count). The fourth-order valence-electron chi connectivity index (χ4n) is 1.17. The van der Waals surface area contributed by atoms with Gasteiger partial charge in [0, 0.05) is 20.6 Å². The van der Waals surface area contributed by atoms with E-state index in [2.05, 4.69) is 20.9 Å². The number of anilines is 1. The molecule has 0 radical (unpaired) electrons. The molecule has 0 aliphatic heterocycles. The summed E-state index contributed by atoms with van der Waals surface area (Å²) < 4.78 is 0.875. The molecule has 16 heavy (non-hydrogen) atoms. The maximum absolute atomic E-state index is 5.90. The number of pyridine rings is 1. The van der Waals surface area contributed by atoms with E-state index >= 15 is 0 Å². The maximum atomic E-state index is 5.90. The van der Waals surface area contributed by atoms with Crippen LogP contribution in [-0.4, -0.2) is 4.98 Å². The van der Waals surface area contributed by atoms with E-state index < -0.39 is 0 Å². The number of halogens is 2. The van der Waals surface area contributed by atoms with E-state index in [-0.39, 0.29) is 0 Å². The van der Waals surface area contributed by atoms with E-state index in [4.69, 9.17) is 17.3 Å². The average Bonchev–Trinajstić information content (AvgIpc) is 2.22. The van der Waals surface area contributed by atoms with Crippen LogP contribution < -0.4 is 5.73 Å². The number of rotatable bonds is 2. The van der Waals surface area contributed by atoms with E-state index in [1.54, 1.807) is 6.20 Å². The molecular formula is C11H8BrClN2S. The monoisotopic (exact) mass is 314 g/mol. The largest absolute Gasteiger partial charge is 0.397 e. The van der Waals surface area contributed by atoms with Crippen LogP contribution >= 0.6 is 39.3 Å². The Morgan fingerprint density at radius 3 is 2.81 bits per heavy atom. The number of benzene rings is 1. The first-order chi connectivity index (χ1) is 7.65. The Morgan fingerprint density at radius 2 is 2.12 bits per heavy atom. The predicted molar refractivity (Wildman–Crippen MR) is 71.9 cm³/mol. The van der Waals surface area contributed by atoms with Gasteiger partial charge in [0.25, 0.3) is 0 Å². The summed E-state index contributed by atoms with van der Waals surface area (Å²) in [5, 5.41) is 1.49. The van der Waals surface area contributed by atoms with Crippen LogP contribution in [0.15, 0.2) is 50.9 Å². The summed E-state index contributed by atoms with van der Waals surface area (Å²) in [6.45, 7) is 0. The minimum Gasteiger partial charge on any atom is -0.397 e. The molecule has 0 saturated heterocycles. The Labute approximate surface area is 111 Å². The van der Waals surface area contributed by atoms with E-state index in [9.17, 15) is 0 Å². The maximum Gasteiger partial charge on any atom is 0.124 e. The Hall–Kier alpha value is -0.710. The first kappa shape index (κ1) is 11.8. The van der Waals surface area contributed by atoms with Gasteiger partial charge in [0.15, 0.2) is 0 Å². The van der Waals surface area contributed by atoms with Crippen LogP contribution in [0.25, 0.3) is 0 Å². The van der Waals surface area contributed by atoms with Crippen molar-refractivity contribution >= 4 is 45.0 Å². The van der Waals surface area contributed by atoms with Crippen LogP contribution in [0.4, 0.5) is 5.69 Å². The Balaban J connectivity index is 2.27. The minimum atomic E-state index is 0.652. The van der Waals surface area contributed by atoms with Crippen LogP contribution in [-0.2, 0) is 0 Å². The van der Waals surface area contributed by atoms with Gasteiger partial charge in [-0.3, -0.25) is 0 Å². The van der Waals surface area contributed by atoms with Crippen molar-refractivity contribution in [2.24, 2.45) is 0 Å². The molecule has 1 heterocycles. The molecular weight excluding hydrogens is 308 g/mol. The van der Waals surface area contributed by atoms with Crippen molar-refractivity contribution < 1.29 is 0 Å². The van der Waals surface area contributed by atoms with Crippen molar-refractivity contribution in [1.82, 2.24) is 4.98 Å². The average molecular weight is 316 g/mol. The first-order valence-electron chi connectivity index (χ1n) is 4.49. The molecule has 0 bridgehead atoms. The van der Waals surface area contributed by atoms with Crippen molar-refractivity contribution in [3.8, 4) is 0 Å². The van der Waals surface area contributed by atoms with Gasteiger partial charge in [-0.2, -0.15) is 0 Å². The third kappa shape index (κ3) is 2.90. The molecule has 0 saturated carbocycles. The number of nitrogens with two attached hydrogens (primary N) is 1. The zero-order valence-electron chi connectivity index (χ0n) is 8.15. The molecule has 0 amide bonds. The van der Waals surface area contributed by atoms with Crippen molar-refractivity contribution in [2.75, 3.05) is 5.73 Å². The lowest BCUT2D eigenvalue weighted by Crippen LogP contribution is -1.91. The van der Waals surface area contributed by atoms with Gasteiger partial charge in [0.1, 0.15) is 5.03 Å². The quantitative estimate of drug-likeness (QED) is 0.901. The smallest absolute Gasteiger partial charge is 0.124 e. The van der Waals surface area contributed by atoms with Crippen LogP contribution in [0.2, 0.25) is 5.02 Å². The first-order valence-corrected chi connectivity index (χ1v) is 6.48. The topological polar surface area (TPSA) is 38.9 Å². The van der Waals surface area contributed by atoms with E-state index in [1.807, 2.05) is 30.3 Å². The lowest BCUT2D eigenvalue weighted by Gasteiger charge is -2.04. The van der Waals surface area contributed by atoms with Gasteiger partial charge >= 0.3 is 0 Å². The highest BCUT2D eigenvalue weighted by molar-refractivity contribution is 9.10. The summed E-state index contributed by atoms with van der Waals surface area (Å²) in [4.78, 5) is 5.27. The van der Waals surface area contributed by atoms with Crippen LogP contribution in [0.5, 0.6) is 0 Å². The van der Waals surface area contributed by atoms with Gasteiger partial charge in [0.2, 0.25) is 0 Å². The molecule has 0 fully saturated rings. The van der Waals surface area contributed by atoms with Gasteiger partial charge < -0.3 is 5.73 Å². The Bertz CT molecular complexity index is 519. The molecule has 0 spiro atoms. The molecule has 0 aliphatic carbocycles. The van der Waals surface area contributed by atoms with Crippen LogP contribution in [0.3, 0.4) is 0 Å². The molecule has 2 nitrogen and oxygen atoms in total. The van der Waals surface area contributed by atoms with E-state index in [0.717, 1.165) is 14.4 Å². The van der Waals surface area contributed by atoms with Crippen molar-refractivity contribution in [3.63, 3.8) is 0 Å². The molecule has 82 valence electrons. The molecule has 1 aromatic carbocycles. The van der Waals surface area contributed by atoms with Crippen LogP contribution in [0, 0.1) is 0 Å². The number of nitrogen functional groups attached to an aromatic ring is 1. The fourth-order valence-corrected chi connectivity index (χ4v) is 2.61. The minimum absolute atomic E-state index is 0.652. The third-order valence-corrected chi connectivity index (χ3v) is 3.55. The fraction of sp³-hybridized carbons (Fsp3) is 0. The molecule has 2 aromatic rings. The van der Waals surface area contributed by atoms with Crippen molar-refractivity contribution in [2.45, 2.75) is 9.92 Å².